The van der Waals surface area contributed by atoms with Crippen LogP contribution in [0.25, 0.3) is 0 Å². The second kappa shape index (κ2) is 4.88. The zero-order chi connectivity index (χ0) is 9.80. The van der Waals surface area contributed by atoms with Crippen LogP contribution >= 0.6 is 22.6 Å². The Morgan fingerprint density at radius 3 is 3.29 bits per heavy atom. The van der Waals surface area contributed by atoms with E-state index in [1.807, 2.05) is 6.20 Å². The van der Waals surface area contributed by atoms with E-state index in [4.69, 9.17) is 0 Å². The molecule has 2 heterocycles. The molecule has 0 radical (unpaired) electrons. The SMILES string of the molecule is Ic1cncnc1NCC1CCNC1. The summed E-state index contributed by atoms with van der Waals surface area (Å²) in [5, 5.41) is 6.70. The van der Waals surface area contributed by atoms with E-state index >= 15 is 0 Å². The molecule has 0 amide bonds. The van der Waals surface area contributed by atoms with Crippen LogP contribution in [0.1, 0.15) is 6.42 Å². The van der Waals surface area contributed by atoms with Crippen molar-refractivity contribution in [2.45, 2.75) is 6.42 Å². The topological polar surface area (TPSA) is 49.8 Å². The number of aromatic nitrogens is 2. The summed E-state index contributed by atoms with van der Waals surface area (Å²) < 4.78 is 1.08. The van der Waals surface area contributed by atoms with Crippen molar-refractivity contribution in [1.82, 2.24) is 15.3 Å². The van der Waals surface area contributed by atoms with Crippen LogP contribution in [0.4, 0.5) is 5.82 Å². The number of rotatable bonds is 3. The maximum absolute atomic E-state index is 4.19. The predicted molar refractivity (Wildman–Crippen MR) is 64.2 cm³/mol. The van der Waals surface area contributed by atoms with Gasteiger partial charge < -0.3 is 10.6 Å². The van der Waals surface area contributed by atoms with Crippen molar-refractivity contribution in [3.05, 3.63) is 16.1 Å². The summed E-state index contributed by atoms with van der Waals surface area (Å²) in [7, 11) is 0. The molecule has 1 aliphatic heterocycles. The minimum atomic E-state index is 0.737. The molecule has 1 fully saturated rings. The first kappa shape index (κ1) is 10.1. The number of hydrogen-bond acceptors (Lipinski definition) is 4. The molecule has 0 saturated carbocycles. The summed E-state index contributed by atoms with van der Waals surface area (Å²) in [6.07, 6.45) is 4.66. The molecule has 1 aromatic heterocycles. The van der Waals surface area contributed by atoms with Gasteiger partial charge in [-0.05, 0) is 48.0 Å². The molecule has 76 valence electrons. The Morgan fingerprint density at radius 2 is 2.57 bits per heavy atom. The maximum Gasteiger partial charge on any atom is 0.142 e. The van der Waals surface area contributed by atoms with E-state index in [0.29, 0.717) is 0 Å². The number of nitrogens with one attached hydrogen (secondary N) is 2. The zero-order valence-electron chi connectivity index (χ0n) is 7.83. The van der Waals surface area contributed by atoms with Gasteiger partial charge in [-0.1, -0.05) is 0 Å². The van der Waals surface area contributed by atoms with Crippen molar-refractivity contribution in [2.75, 3.05) is 25.0 Å². The molecule has 0 aromatic carbocycles. The van der Waals surface area contributed by atoms with Crippen molar-refractivity contribution < 1.29 is 0 Å². The lowest BCUT2D eigenvalue weighted by molar-refractivity contribution is 0.614. The Morgan fingerprint density at radius 1 is 1.64 bits per heavy atom. The third-order valence-corrected chi connectivity index (χ3v) is 3.18. The normalized spacial score (nSPS) is 21.1. The van der Waals surface area contributed by atoms with Gasteiger partial charge in [-0.25, -0.2) is 9.97 Å². The molecule has 0 spiro atoms. The third-order valence-electron chi connectivity index (χ3n) is 2.39. The van der Waals surface area contributed by atoms with E-state index in [9.17, 15) is 0 Å². The van der Waals surface area contributed by atoms with Gasteiger partial charge in [-0.15, -0.1) is 0 Å². The Labute approximate surface area is 97.1 Å². The Bertz CT molecular complexity index is 299. The molecule has 0 aliphatic carbocycles. The highest BCUT2D eigenvalue weighted by molar-refractivity contribution is 14.1. The quantitative estimate of drug-likeness (QED) is 0.821. The van der Waals surface area contributed by atoms with Crippen LogP contribution in [0.15, 0.2) is 12.5 Å². The molecule has 1 aromatic rings. The fourth-order valence-corrected chi connectivity index (χ4v) is 2.06. The summed E-state index contributed by atoms with van der Waals surface area (Å²) in [5.41, 5.74) is 0. The van der Waals surface area contributed by atoms with E-state index in [2.05, 4.69) is 43.2 Å². The van der Waals surface area contributed by atoms with Crippen LogP contribution in [0.3, 0.4) is 0 Å². The Hall–Kier alpha value is -0.430. The highest BCUT2D eigenvalue weighted by atomic mass is 127. The van der Waals surface area contributed by atoms with Crippen molar-refractivity contribution in [3.8, 4) is 0 Å². The predicted octanol–water partition coefficient (Wildman–Crippen LogP) is 1.10. The number of anilines is 1. The third kappa shape index (κ3) is 2.54. The smallest absolute Gasteiger partial charge is 0.142 e. The first-order valence-corrected chi connectivity index (χ1v) is 5.84. The second-order valence-corrected chi connectivity index (χ2v) is 4.62. The summed E-state index contributed by atoms with van der Waals surface area (Å²) in [5.74, 6) is 1.69. The van der Waals surface area contributed by atoms with E-state index in [1.54, 1.807) is 6.33 Å². The number of nitrogens with zero attached hydrogens (tertiary/aromatic N) is 2. The summed E-state index contributed by atoms with van der Waals surface area (Å²) in [6.45, 7) is 3.27. The summed E-state index contributed by atoms with van der Waals surface area (Å²) in [4.78, 5) is 8.14. The molecule has 2 rings (SSSR count). The van der Waals surface area contributed by atoms with E-state index in [-0.39, 0.29) is 0 Å². The zero-order valence-corrected chi connectivity index (χ0v) is 9.99. The van der Waals surface area contributed by atoms with Gasteiger partial charge in [-0.3, -0.25) is 0 Å². The molecule has 0 bridgehead atoms. The molecule has 1 unspecified atom stereocenters. The van der Waals surface area contributed by atoms with Crippen molar-refractivity contribution in [2.24, 2.45) is 5.92 Å². The number of halogens is 1. The molecular formula is C9H13IN4. The van der Waals surface area contributed by atoms with Crippen LogP contribution in [-0.4, -0.2) is 29.6 Å². The van der Waals surface area contributed by atoms with Crippen LogP contribution in [-0.2, 0) is 0 Å². The van der Waals surface area contributed by atoms with Gasteiger partial charge in [-0.2, -0.15) is 0 Å². The van der Waals surface area contributed by atoms with Crippen LogP contribution in [0.2, 0.25) is 0 Å². The van der Waals surface area contributed by atoms with E-state index in [1.165, 1.54) is 6.42 Å². The Balaban J connectivity index is 1.88. The second-order valence-electron chi connectivity index (χ2n) is 3.46. The van der Waals surface area contributed by atoms with Crippen molar-refractivity contribution >= 4 is 28.4 Å². The largest absolute Gasteiger partial charge is 0.369 e. The minimum Gasteiger partial charge on any atom is -0.369 e. The highest BCUT2D eigenvalue weighted by Gasteiger charge is 2.14. The van der Waals surface area contributed by atoms with Crippen molar-refractivity contribution in [3.63, 3.8) is 0 Å². The molecule has 14 heavy (non-hydrogen) atoms. The lowest BCUT2D eigenvalue weighted by atomic mass is 10.1. The molecule has 2 N–H and O–H groups in total. The lowest BCUT2D eigenvalue weighted by Gasteiger charge is -2.10. The minimum absolute atomic E-state index is 0.737. The molecule has 1 saturated heterocycles. The molecule has 4 nitrogen and oxygen atoms in total. The first-order valence-electron chi connectivity index (χ1n) is 4.76. The van der Waals surface area contributed by atoms with Crippen LogP contribution < -0.4 is 10.6 Å². The fourth-order valence-electron chi connectivity index (χ4n) is 1.57. The molecule has 1 aliphatic rings. The van der Waals surface area contributed by atoms with Crippen LogP contribution in [0.5, 0.6) is 0 Å². The van der Waals surface area contributed by atoms with E-state index in [0.717, 1.165) is 34.9 Å². The average molecular weight is 304 g/mol. The molecule has 1 atom stereocenters. The molecule has 5 heteroatoms. The summed E-state index contributed by atoms with van der Waals surface area (Å²) in [6, 6.07) is 0. The van der Waals surface area contributed by atoms with Gasteiger partial charge in [0.25, 0.3) is 0 Å². The number of hydrogen-bond donors (Lipinski definition) is 2. The highest BCUT2D eigenvalue weighted by Crippen LogP contribution is 2.14. The van der Waals surface area contributed by atoms with Gasteiger partial charge in [0.1, 0.15) is 12.1 Å². The summed E-state index contributed by atoms with van der Waals surface area (Å²) >= 11 is 2.24. The first-order chi connectivity index (χ1) is 6.86. The van der Waals surface area contributed by atoms with Gasteiger partial charge in [0, 0.05) is 12.7 Å². The Kier molecular flexibility index (Phi) is 3.52. The fraction of sp³-hybridized carbons (Fsp3) is 0.556. The average Bonchev–Trinajstić information content (AvgIpc) is 2.69. The maximum atomic E-state index is 4.19. The van der Waals surface area contributed by atoms with Gasteiger partial charge in [0.2, 0.25) is 0 Å². The van der Waals surface area contributed by atoms with Gasteiger partial charge in [0.15, 0.2) is 0 Å². The van der Waals surface area contributed by atoms with Gasteiger partial charge >= 0.3 is 0 Å². The monoisotopic (exact) mass is 304 g/mol. The van der Waals surface area contributed by atoms with Crippen molar-refractivity contribution in [1.29, 1.82) is 0 Å². The van der Waals surface area contributed by atoms with E-state index < -0.39 is 0 Å². The standard InChI is InChI=1S/C9H13IN4/c10-8-5-12-6-14-9(8)13-4-7-1-2-11-3-7/h5-7,11H,1-4H2,(H,12,13,14). The van der Waals surface area contributed by atoms with Crippen LogP contribution in [0, 0.1) is 9.49 Å². The molecular weight excluding hydrogens is 291 g/mol. The van der Waals surface area contributed by atoms with Gasteiger partial charge in [0.05, 0.1) is 3.57 Å². The lowest BCUT2D eigenvalue weighted by Crippen LogP contribution is -2.18.